The first kappa shape index (κ1) is 13.9. The van der Waals surface area contributed by atoms with E-state index in [1.54, 1.807) is 0 Å². The van der Waals surface area contributed by atoms with Crippen LogP contribution in [0.25, 0.3) is 5.53 Å². The normalized spacial score (nSPS) is 8.62. The maximum Gasteiger partial charge on any atom is 0.344 e. The van der Waals surface area contributed by atoms with Crippen LogP contribution in [0.1, 0.15) is 0 Å². The summed E-state index contributed by atoms with van der Waals surface area (Å²) in [7, 11) is 0. The smallest absolute Gasteiger partial charge is 0.344 e. The molecule has 0 fully saturated rings. The molecule has 0 aromatic rings. The Morgan fingerprint density at radius 1 is 1.38 bits per heavy atom. The Labute approximate surface area is 90.4 Å². The van der Waals surface area contributed by atoms with Crippen molar-refractivity contribution in [3.05, 3.63) is 5.53 Å². The number of carbonyl (C=O) groups is 2. The molecule has 4 N–H and O–H groups in total. The van der Waals surface area contributed by atoms with E-state index in [1.165, 1.54) is 0 Å². The highest BCUT2D eigenvalue weighted by Crippen LogP contribution is 1.73. The number of carbonyl (C=O) groups excluding carboxylic acids is 2. The highest BCUT2D eigenvalue weighted by Gasteiger charge is 2.05. The van der Waals surface area contributed by atoms with Crippen molar-refractivity contribution < 1.29 is 24.6 Å². The lowest BCUT2D eigenvalue weighted by molar-refractivity contribution is -0.124. The summed E-state index contributed by atoms with van der Waals surface area (Å²) in [5.74, 6) is -1.40. The van der Waals surface area contributed by atoms with Crippen LogP contribution in [0.15, 0.2) is 5.10 Å². The van der Waals surface area contributed by atoms with Crippen LogP contribution in [0.4, 0.5) is 0 Å². The fourth-order valence-electron chi connectivity index (χ4n) is 0.567. The molecule has 0 heterocycles. The number of rotatable bonds is 6. The van der Waals surface area contributed by atoms with Crippen molar-refractivity contribution in [2.45, 2.75) is 0 Å². The molecule has 0 aliphatic rings. The molecule has 0 aromatic heterocycles. The van der Waals surface area contributed by atoms with Gasteiger partial charge in [-0.3, -0.25) is 9.59 Å². The third-order valence-corrected chi connectivity index (χ3v) is 1.30. The molecule has 0 saturated carbocycles. The Morgan fingerprint density at radius 3 is 2.50 bits per heavy atom. The zero-order valence-corrected chi connectivity index (χ0v) is 8.25. The van der Waals surface area contributed by atoms with E-state index in [0.29, 0.717) is 6.21 Å². The lowest BCUT2D eigenvalue weighted by Gasteiger charge is -2.01. The summed E-state index contributed by atoms with van der Waals surface area (Å²) in [6, 6.07) is 0. The molecule has 0 unspecified atom stereocenters. The molecule has 0 radical (unpaired) electrons. The van der Waals surface area contributed by atoms with E-state index in [2.05, 4.69) is 15.2 Å². The zero-order valence-electron chi connectivity index (χ0n) is 8.25. The summed E-state index contributed by atoms with van der Waals surface area (Å²) in [6.45, 7) is -1.35. The summed E-state index contributed by atoms with van der Waals surface area (Å²) in [5, 5.41) is 22.6. The molecule has 2 amide bonds. The van der Waals surface area contributed by atoms with Crippen LogP contribution in [-0.4, -0.2) is 58.5 Å². The number of amides is 2. The molecule has 0 atom stereocenters. The van der Waals surface area contributed by atoms with E-state index >= 15 is 0 Å². The summed E-state index contributed by atoms with van der Waals surface area (Å²) >= 11 is 0. The van der Waals surface area contributed by atoms with E-state index in [1.807, 2.05) is 5.43 Å². The SMILES string of the molecule is [N-]=[N+]=CC(=O)NCC(=O)NN=C(CO)CO. The second kappa shape index (κ2) is 8.24. The minimum Gasteiger partial charge on any atom is -0.390 e. The second-order valence-electron chi connectivity index (χ2n) is 2.49. The summed E-state index contributed by atoms with van der Waals surface area (Å²) < 4.78 is 0. The highest BCUT2D eigenvalue weighted by molar-refractivity contribution is 6.24. The molecule has 0 aliphatic carbocycles. The van der Waals surface area contributed by atoms with Gasteiger partial charge in [0.05, 0.1) is 25.5 Å². The molecule has 0 spiro atoms. The van der Waals surface area contributed by atoms with E-state index in [0.717, 1.165) is 0 Å². The average molecular weight is 229 g/mol. The van der Waals surface area contributed by atoms with E-state index in [9.17, 15) is 9.59 Å². The minimum atomic E-state index is -0.744. The standard InChI is InChI=1S/C7H11N5O4/c8-10-2-6(15)9-1-7(16)12-11-5(3-13)4-14/h2,13-14H,1,3-4H2,(H,9,15)(H,12,16). The van der Waals surface area contributed by atoms with Crippen molar-refractivity contribution in [2.75, 3.05) is 19.8 Å². The van der Waals surface area contributed by atoms with Crippen molar-refractivity contribution in [3.8, 4) is 0 Å². The number of nitrogens with zero attached hydrogens (tertiary/aromatic N) is 3. The fraction of sp³-hybridized carbons (Fsp3) is 0.429. The Bertz CT molecular complexity index is 328. The molecule has 88 valence electrons. The van der Waals surface area contributed by atoms with Gasteiger partial charge in [-0.05, 0) is 0 Å². The molecule has 0 aromatic carbocycles. The predicted octanol–water partition coefficient (Wildman–Crippen LogP) is -3.14. The van der Waals surface area contributed by atoms with Crippen LogP contribution < -0.4 is 10.7 Å². The van der Waals surface area contributed by atoms with Crippen LogP contribution in [0, 0.1) is 0 Å². The summed E-state index contributed by atoms with van der Waals surface area (Å²) in [6.07, 6.45) is 0.587. The van der Waals surface area contributed by atoms with E-state index in [4.69, 9.17) is 15.7 Å². The van der Waals surface area contributed by atoms with Crippen molar-refractivity contribution in [1.82, 2.24) is 10.7 Å². The number of aliphatic hydroxyl groups is 2. The number of hydrogen-bond acceptors (Lipinski definition) is 5. The van der Waals surface area contributed by atoms with Crippen molar-refractivity contribution in [2.24, 2.45) is 5.10 Å². The third-order valence-electron chi connectivity index (χ3n) is 1.30. The Kier molecular flexibility index (Phi) is 7.16. The van der Waals surface area contributed by atoms with Gasteiger partial charge in [0.1, 0.15) is 0 Å². The van der Waals surface area contributed by atoms with Crippen LogP contribution >= 0.6 is 0 Å². The molecular weight excluding hydrogens is 218 g/mol. The number of hydrogen-bond donors (Lipinski definition) is 4. The quantitative estimate of drug-likeness (QED) is 0.165. The highest BCUT2D eigenvalue weighted by atomic mass is 16.3. The van der Waals surface area contributed by atoms with Gasteiger partial charge < -0.3 is 21.1 Å². The maximum atomic E-state index is 11.0. The van der Waals surface area contributed by atoms with E-state index in [-0.39, 0.29) is 12.3 Å². The lowest BCUT2D eigenvalue weighted by Crippen LogP contribution is -2.36. The Balaban J connectivity index is 3.96. The lowest BCUT2D eigenvalue weighted by atomic mass is 10.4. The topological polar surface area (TPSA) is 147 Å². The summed E-state index contributed by atoms with van der Waals surface area (Å²) in [4.78, 5) is 24.1. The molecule has 0 aliphatic heterocycles. The largest absolute Gasteiger partial charge is 0.390 e. The van der Waals surface area contributed by atoms with Gasteiger partial charge >= 0.3 is 12.1 Å². The predicted molar refractivity (Wildman–Crippen MR) is 52.4 cm³/mol. The molecule has 9 heteroatoms. The van der Waals surface area contributed by atoms with Crippen molar-refractivity contribution >= 4 is 23.7 Å². The first-order valence-electron chi connectivity index (χ1n) is 4.15. The fourth-order valence-corrected chi connectivity index (χ4v) is 0.567. The van der Waals surface area contributed by atoms with Crippen LogP contribution in [0.5, 0.6) is 0 Å². The van der Waals surface area contributed by atoms with Gasteiger partial charge in [-0.25, -0.2) is 5.43 Å². The van der Waals surface area contributed by atoms with Crippen molar-refractivity contribution in [3.63, 3.8) is 0 Å². The van der Waals surface area contributed by atoms with Crippen LogP contribution in [0.3, 0.4) is 0 Å². The molecule has 0 saturated heterocycles. The molecule has 0 bridgehead atoms. The van der Waals surface area contributed by atoms with E-state index < -0.39 is 25.0 Å². The van der Waals surface area contributed by atoms with Gasteiger partial charge in [-0.1, -0.05) is 0 Å². The van der Waals surface area contributed by atoms with Gasteiger partial charge in [0.2, 0.25) is 0 Å². The second-order valence-corrected chi connectivity index (χ2v) is 2.49. The average Bonchev–Trinajstić information content (AvgIpc) is 2.28. The molecule has 0 rings (SSSR count). The number of aliphatic hydroxyl groups excluding tert-OH is 2. The Morgan fingerprint density at radius 2 is 2.00 bits per heavy atom. The van der Waals surface area contributed by atoms with Crippen molar-refractivity contribution in [1.29, 1.82) is 0 Å². The zero-order chi connectivity index (χ0) is 12.4. The summed E-state index contributed by atoms with van der Waals surface area (Å²) in [5.41, 5.74) is 9.94. The van der Waals surface area contributed by atoms with Crippen LogP contribution in [-0.2, 0) is 9.59 Å². The van der Waals surface area contributed by atoms with Gasteiger partial charge in [0.15, 0.2) is 0 Å². The van der Waals surface area contributed by atoms with Gasteiger partial charge in [0, 0.05) is 0 Å². The first-order valence-corrected chi connectivity index (χ1v) is 4.15. The minimum absolute atomic E-state index is 0.0170. The Hall–Kier alpha value is -2.09. The third kappa shape index (κ3) is 6.38. The molecular formula is C7H11N5O4. The first-order chi connectivity index (χ1) is 7.63. The van der Waals surface area contributed by atoms with Gasteiger partial charge in [0.25, 0.3) is 5.91 Å². The van der Waals surface area contributed by atoms with Crippen LogP contribution in [0.2, 0.25) is 0 Å². The van der Waals surface area contributed by atoms with Gasteiger partial charge in [-0.15, -0.1) is 0 Å². The van der Waals surface area contributed by atoms with Gasteiger partial charge in [-0.2, -0.15) is 9.89 Å². The number of nitrogens with one attached hydrogen (secondary N) is 2. The monoisotopic (exact) mass is 229 g/mol. The molecule has 16 heavy (non-hydrogen) atoms. The maximum absolute atomic E-state index is 11.0. The number of hydrazone groups is 1. The molecule has 9 nitrogen and oxygen atoms in total.